The zero-order valence-electron chi connectivity index (χ0n) is 14.1. The lowest BCUT2D eigenvalue weighted by molar-refractivity contribution is 0.0442. The number of aromatic nitrogens is 2. The third-order valence-electron chi connectivity index (χ3n) is 4.50. The average Bonchev–Trinajstić information content (AvgIpc) is 3.30. The van der Waals surface area contributed by atoms with Crippen LogP contribution in [0, 0.1) is 0 Å². The van der Waals surface area contributed by atoms with Crippen molar-refractivity contribution in [3.8, 4) is 0 Å². The summed E-state index contributed by atoms with van der Waals surface area (Å²) in [5.74, 6) is 6.18. The lowest BCUT2D eigenvalue weighted by Crippen LogP contribution is -2.45. The monoisotopic (exact) mass is 333 g/mol. The van der Waals surface area contributed by atoms with E-state index in [0.29, 0.717) is 12.1 Å². The average molecular weight is 333 g/mol. The zero-order chi connectivity index (χ0) is 17.3. The first-order valence-electron chi connectivity index (χ1n) is 8.24. The molecule has 1 heterocycles. The Morgan fingerprint density at radius 1 is 1.54 bits per heavy atom. The second-order valence-corrected chi connectivity index (χ2v) is 7.14. The van der Waals surface area contributed by atoms with E-state index in [9.17, 15) is 4.79 Å². The molecule has 1 aromatic rings. The maximum absolute atomic E-state index is 12.3. The second-order valence-electron chi connectivity index (χ2n) is 7.14. The van der Waals surface area contributed by atoms with Gasteiger partial charge in [0.15, 0.2) is 0 Å². The van der Waals surface area contributed by atoms with Crippen LogP contribution in [0.4, 0.5) is 4.79 Å². The number of nitrogens with zero attached hydrogens (tertiary/aromatic N) is 6. The molecule has 1 saturated carbocycles. The number of azide groups is 1. The van der Waals surface area contributed by atoms with E-state index in [4.69, 9.17) is 16.1 Å². The van der Waals surface area contributed by atoms with Crippen molar-refractivity contribution in [3.63, 3.8) is 0 Å². The molecule has 1 aromatic heterocycles. The first-order valence-corrected chi connectivity index (χ1v) is 8.24. The van der Waals surface area contributed by atoms with Gasteiger partial charge in [0.05, 0.1) is 12.2 Å². The van der Waals surface area contributed by atoms with Crippen LogP contribution >= 0.6 is 0 Å². The summed E-state index contributed by atoms with van der Waals surface area (Å²) in [6.07, 6.45) is 6.08. The van der Waals surface area contributed by atoms with Crippen molar-refractivity contribution in [1.29, 1.82) is 0 Å². The van der Waals surface area contributed by atoms with E-state index in [1.807, 2.05) is 5.01 Å². The van der Waals surface area contributed by atoms with Gasteiger partial charge in [-0.3, -0.25) is 5.84 Å². The fourth-order valence-corrected chi connectivity index (χ4v) is 3.02. The Kier molecular flexibility index (Phi) is 4.49. The Morgan fingerprint density at radius 2 is 2.29 bits per heavy atom. The molecule has 9 heteroatoms. The van der Waals surface area contributed by atoms with Crippen LogP contribution in [0.1, 0.15) is 44.4 Å². The molecule has 1 fully saturated rings. The predicted molar refractivity (Wildman–Crippen MR) is 87.1 cm³/mol. The minimum atomic E-state index is -0.877. The van der Waals surface area contributed by atoms with Crippen molar-refractivity contribution in [3.05, 3.63) is 27.9 Å². The Bertz CT molecular complexity index is 673. The Balaban J connectivity index is 1.66. The number of fused-ring (bicyclic) bond motifs is 1. The maximum atomic E-state index is 12.3. The van der Waals surface area contributed by atoms with E-state index in [1.165, 1.54) is 17.5 Å². The smallest absolute Gasteiger partial charge is 0.435 e. The van der Waals surface area contributed by atoms with Gasteiger partial charge in [-0.15, -0.1) is 0 Å². The number of hydrazine groups is 1. The van der Waals surface area contributed by atoms with Gasteiger partial charge in [-0.1, -0.05) is 5.11 Å². The van der Waals surface area contributed by atoms with Gasteiger partial charge in [0, 0.05) is 23.2 Å². The molecule has 0 radical (unpaired) electrons. The number of aryl methyl sites for hydroxylation is 1. The highest BCUT2D eigenvalue weighted by Gasteiger charge is 2.35. The summed E-state index contributed by atoms with van der Waals surface area (Å²) >= 11 is 0. The molecular formula is C15H23N7O2. The molecule has 1 unspecified atom stereocenters. The largest absolute Gasteiger partial charge is 0.442 e. The molecule has 130 valence electrons. The zero-order valence-corrected chi connectivity index (χ0v) is 14.1. The minimum Gasteiger partial charge on any atom is -0.442 e. The number of rotatable bonds is 5. The SMILES string of the molecule is CC(C)(CN=[N+]=[N-])OC(=O)n1cc2c(n1)CCC(N(N)C1CC1)C2. The number of nitrogens with two attached hydrogens (primary N) is 1. The fraction of sp³-hybridized carbons (Fsp3) is 0.733. The molecule has 0 aliphatic heterocycles. The third kappa shape index (κ3) is 3.69. The van der Waals surface area contributed by atoms with Gasteiger partial charge in [0.25, 0.3) is 0 Å². The van der Waals surface area contributed by atoms with Gasteiger partial charge in [-0.05, 0) is 57.0 Å². The van der Waals surface area contributed by atoms with Crippen LogP contribution in [0.5, 0.6) is 0 Å². The normalized spacial score (nSPS) is 20.4. The van der Waals surface area contributed by atoms with Crippen LogP contribution in [0.2, 0.25) is 0 Å². The summed E-state index contributed by atoms with van der Waals surface area (Å²) in [5, 5.41) is 9.78. The number of carbonyl (C=O) groups excluding carboxylic acids is 1. The number of hydrogen-bond acceptors (Lipinski definition) is 6. The van der Waals surface area contributed by atoms with Crippen molar-refractivity contribution in [2.75, 3.05) is 6.54 Å². The highest BCUT2D eigenvalue weighted by molar-refractivity contribution is 5.70. The summed E-state index contributed by atoms with van der Waals surface area (Å²) < 4.78 is 6.63. The molecular weight excluding hydrogens is 310 g/mol. The van der Waals surface area contributed by atoms with E-state index < -0.39 is 11.7 Å². The van der Waals surface area contributed by atoms with Crippen molar-refractivity contribution in [2.45, 2.75) is 63.6 Å². The van der Waals surface area contributed by atoms with E-state index in [1.54, 1.807) is 20.0 Å². The van der Waals surface area contributed by atoms with Crippen molar-refractivity contribution in [1.82, 2.24) is 14.8 Å². The fourth-order valence-electron chi connectivity index (χ4n) is 3.02. The van der Waals surface area contributed by atoms with Crippen LogP contribution in [0.25, 0.3) is 10.4 Å². The molecule has 0 aromatic carbocycles. The molecule has 2 aliphatic carbocycles. The maximum Gasteiger partial charge on any atom is 0.435 e. The van der Waals surface area contributed by atoms with Gasteiger partial charge >= 0.3 is 6.09 Å². The Labute approximate surface area is 140 Å². The van der Waals surface area contributed by atoms with Crippen LogP contribution < -0.4 is 5.84 Å². The number of ether oxygens (including phenoxy) is 1. The Hall–Kier alpha value is -2.09. The highest BCUT2D eigenvalue weighted by Crippen LogP contribution is 2.31. The van der Waals surface area contributed by atoms with Gasteiger partial charge in [0.1, 0.15) is 5.60 Å². The van der Waals surface area contributed by atoms with Crippen LogP contribution in [-0.2, 0) is 17.6 Å². The van der Waals surface area contributed by atoms with Gasteiger partial charge in [-0.2, -0.15) is 9.78 Å². The lowest BCUT2D eigenvalue weighted by Gasteiger charge is -2.30. The highest BCUT2D eigenvalue weighted by atomic mass is 16.6. The molecule has 3 rings (SSSR count). The molecule has 24 heavy (non-hydrogen) atoms. The van der Waals surface area contributed by atoms with Crippen molar-refractivity contribution >= 4 is 6.09 Å². The summed E-state index contributed by atoms with van der Waals surface area (Å²) in [6.45, 7) is 3.46. The van der Waals surface area contributed by atoms with Crippen LogP contribution in [-0.4, -0.2) is 45.1 Å². The van der Waals surface area contributed by atoms with Crippen LogP contribution in [0.15, 0.2) is 11.3 Å². The van der Waals surface area contributed by atoms with Crippen LogP contribution in [0.3, 0.4) is 0 Å². The first kappa shape index (κ1) is 16.8. The summed E-state index contributed by atoms with van der Waals surface area (Å²) in [4.78, 5) is 15.0. The minimum absolute atomic E-state index is 0.0712. The molecule has 2 aliphatic rings. The molecule has 1 atom stereocenters. The number of carbonyl (C=O) groups is 1. The molecule has 9 nitrogen and oxygen atoms in total. The quantitative estimate of drug-likeness (QED) is 0.291. The van der Waals surface area contributed by atoms with E-state index in [2.05, 4.69) is 15.1 Å². The number of hydrogen-bond donors (Lipinski definition) is 1. The summed E-state index contributed by atoms with van der Waals surface area (Å²) in [5.41, 5.74) is 9.49. The van der Waals surface area contributed by atoms with E-state index in [0.717, 1.165) is 30.5 Å². The first-order chi connectivity index (χ1) is 11.4. The standard InChI is InChI=1S/C15H23N7O2/c1-15(2,9-18-20-16)24-14(23)21-8-10-7-12(5-6-13(10)19-21)22(17)11-3-4-11/h8,11-12H,3-7,9,17H2,1-2H3. The van der Waals surface area contributed by atoms with Crippen molar-refractivity contribution in [2.24, 2.45) is 11.0 Å². The molecule has 0 bridgehead atoms. The van der Waals surface area contributed by atoms with Gasteiger partial charge in [-0.25, -0.2) is 9.80 Å². The van der Waals surface area contributed by atoms with Gasteiger partial charge < -0.3 is 4.74 Å². The summed E-state index contributed by atoms with van der Waals surface area (Å²) in [6, 6.07) is 0.818. The molecule has 2 N–H and O–H groups in total. The molecule has 0 spiro atoms. The second kappa shape index (κ2) is 6.43. The van der Waals surface area contributed by atoms with Crippen molar-refractivity contribution < 1.29 is 9.53 Å². The molecule has 0 saturated heterocycles. The van der Waals surface area contributed by atoms with E-state index in [-0.39, 0.29) is 6.54 Å². The van der Waals surface area contributed by atoms with Gasteiger partial charge in [0.2, 0.25) is 0 Å². The molecule has 0 amide bonds. The third-order valence-corrected chi connectivity index (χ3v) is 4.50. The predicted octanol–water partition coefficient (Wildman–Crippen LogP) is 2.15. The lowest BCUT2D eigenvalue weighted by atomic mass is 9.93. The van der Waals surface area contributed by atoms with E-state index >= 15 is 0 Å². The Morgan fingerprint density at radius 3 is 2.96 bits per heavy atom. The topological polar surface area (TPSA) is 122 Å². The summed E-state index contributed by atoms with van der Waals surface area (Å²) in [7, 11) is 0.